The number of ketones is 1. The van der Waals surface area contributed by atoms with Crippen LogP contribution in [0.4, 0.5) is 0 Å². The SMILES string of the molecule is CCN(CC)S(=O)(=O)c1cccc(-c2nnc(S[C@@H](C)C(=O)c3ccc(C)cc3)o2)c1. The van der Waals surface area contributed by atoms with Crippen molar-refractivity contribution < 1.29 is 17.6 Å². The predicted octanol–water partition coefficient (Wildman–Crippen LogP) is 4.44. The first-order valence-corrected chi connectivity index (χ1v) is 12.3. The van der Waals surface area contributed by atoms with Crippen LogP contribution in [0.5, 0.6) is 0 Å². The van der Waals surface area contributed by atoms with Gasteiger partial charge in [0.15, 0.2) is 5.78 Å². The normalized spacial score (nSPS) is 12.8. The summed E-state index contributed by atoms with van der Waals surface area (Å²) < 4.78 is 32.6. The molecule has 0 spiro atoms. The number of rotatable bonds is 9. The second-order valence-electron chi connectivity index (χ2n) is 6.98. The van der Waals surface area contributed by atoms with E-state index in [0.717, 1.165) is 5.56 Å². The Morgan fingerprint density at radius 1 is 1.10 bits per heavy atom. The maximum absolute atomic E-state index is 12.8. The molecule has 31 heavy (non-hydrogen) atoms. The summed E-state index contributed by atoms with van der Waals surface area (Å²) in [4.78, 5) is 12.8. The molecule has 0 aliphatic heterocycles. The van der Waals surface area contributed by atoms with Crippen LogP contribution in [0.25, 0.3) is 11.5 Å². The molecule has 3 aromatic rings. The quantitative estimate of drug-likeness (QED) is 0.345. The summed E-state index contributed by atoms with van der Waals surface area (Å²) >= 11 is 1.17. The van der Waals surface area contributed by atoms with Gasteiger partial charge in [0.2, 0.25) is 15.9 Å². The molecule has 0 aliphatic carbocycles. The van der Waals surface area contributed by atoms with Crippen molar-refractivity contribution in [3.63, 3.8) is 0 Å². The molecule has 0 aliphatic rings. The number of hydrogen-bond acceptors (Lipinski definition) is 7. The standard InChI is InChI=1S/C22H25N3O4S2/c1-5-25(6-2)31(27,28)19-9-7-8-18(14-19)21-23-24-22(29-21)30-16(4)20(26)17-12-10-15(3)11-13-17/h7-14,16H,5-6H2,1-4H3/t16-/m0/s1. The lowest BCUT2D eigenvalue weighted by atomic mass is 10.1. The molecule has 0 saturated carbocycles. The van der Waals surface area contributed by atoms with Gasteiger partial charge in [-0.15, -0.1) is 10.2 Å². The maximum atomic E-state index is 12.8. The highest BCUT2D eigenvalue weighted by molar-refractivity contribution is 8.00. The van der Waals surface area contributed by atoms with Crippen LogP contribution in [0.2, 0.25) is 0 Å². The van der Waals surface area contributed by atoms with Crippen LogP contribution >= 0.6 is 11.8 Å². The number of hydrogen-bond donors (Lipinski definition) is 0. The molecule has 0 amide bonds. The highest BCUT2D eigenvalue weighted by Gasteiger charge is 2.23. The van der Waals surface area contributed by atoms with Crippen LogP contribution in [-0.2, 0) is 10.0 Å². The fourth-order valence-electron chi connectivity index (χ4n) is 3.03. The minimum absolute atomic E-state index is 0.0305. The molecule has 0 fully saturated rings. The number of carbonyl (C=O) groups is 1. The van der Waals surface area contributed by atoms with Gasteiger partial charge in [-0.3, -0.25) is 4.79 Å². The van der Waals surface area contributed by atoms with Gasteiger partial charge in [-0.05, 0) is 32.0 Å². The second-order valence-corrected chi connectivity index (χ2v) is 10.2. The molecule has 0 saturated heterocycles. The largest absolute Gasteiger partial charge is 0.411 e. The molecule has 9 heteroatoms. The third-order valence-corrected chi connectivity index (χ3v) is 7.79. The van der Waals surface area contributed by atoms with Crippen LogP contribution in [0.15, 0.2) is 63.1 Å². The van der Waals surface area contributed by atoms with Crippen LogP contribution < -0.4 is 0 Å². The highest BCUT2D eigenvalue weighted by atomic mass is 32.2. The molecule has 3 rings (SSSR count). The Balaban J connectivity index is 1.78. The number of thioether (sulfide) groups is 1. The molecular formula is C22H25N3O4S2. The topological polar surface area (TPSA) is 93.4 Å². The number of sulfonamides is 1. The molecule has 0 N–H and O–H groups in total. The third kappa shape index (κ3) is 5.23. The van der Waals surface area contributed by atoms with E-state index in [-0.39, 0.29) is 21.8 Å². The van der Waals surface area contributed by atoms with E-state index in [1.165, 1.54) is 22.1 Å². The van der Waals surface area contributed by atoms with Crippen molar-refractivity contribution in [3.8, 4) is 11.5 Å². The Kier molecular flexibility index (Phi) is 7.30. The number of nitrogens with zero attached hydrogens (tertiary/aromatic N) is 3. The number of benzene rings is 2. The molecule has 7 nitrogen and oxygen atoms in total. The Morgan fingerprint density at radius 2 is 1.77 bits per heavy atom. The number of aryl methyl sites for hydroxylation is 1. The monoisotopic (exact) mass is 459 g/mol. The van der Waals surface area contributed by atoms with E-state index in [9.17, 15) is 13.2 Å². The molecule has 164 valence electrons. The van der Waals surface area contributed by atoms with Crippen molar-refractivity contribution in [1.82, 2.24) is 14.5 Å². The lowest BCUT2D eigenvalue weighted by molar-refractivity contribution is 0.0993. The molecule has 1 heterocycles. The van der Waals surface area contributed by atoms with Crippen molar-refractivity contribution in [2.24, 2.45) is 0 Å². The molecule has 0 radical (unpaired) electrons. The van der Waals surface area contributed by atoms with Crippen molar-refractivity contribution in [2.75, 3.05) is 13.1 Å². The molecule has 1 atom stereocenters. The summed E-state index contributed by atoms with van der Waals surface area (Å²) in [5.41, 5.74) is 2.22. The van der Waals surface area contributed by atoms with E-state index < -0.39 is 15.3 Å². The summed E-state index contributed by atoms with van der Waals surface area (Å²) in [5.74, 6) is 0.172. The fraction of sp³-hybridized carbons (Fsp3) is 0.318. The summed E-state index contributed by atoms with van der Waals surface area (Å²) in [7, 11) is -3.60. The van der Waals surface area contributed by atoms with Crippen LogP contribution in [-0.4, -0.2) is 47.0 Å². The van der Waals surface area contributed by atoms with Crippen molar-refractivity contribution in [3.05, 3.63) is 59.7 Å². The minimum Gasteiger partial charge on any atom is -0.411 e. The number of carbonyl (C=O) groups excluding carboxylic acids is 1. The Morgan fingerprint density at radius 3 is 2.42 bits per heavy atom. The second kappa shape index (κ2) is 9.76. The van der Waals surface area contributed by atoms with E-state index in [2.05, 4.69) is 10.2 Å². The van der Waals surface area contributed by atoms with Crippen LogP contribution in [0, 0.1) is 6.92 Å². The van der Waals surface area contributed by atoms with E-state index in [4.69, 9.17) is 4.42 Å². The zero-order valence-corrected chi connectivity index (χ0v) is 19.5. The van der Waals surface area contributed by atoms with Crippen LogP contribution in [0.1, 0.15) is 36.7 Å². The zero-order chi connectivity index (χ0) is 22.6. The van der Waals surface area contributed by atoms with Gasteiger partial charge in [0, 0.05) is 24.2 Å². The van der Waals surface area contributed by atoms with Crippen LogP contribution in [0.3, 0.4) is 0 Å². The Hall–Kier alpha value is -2.49. The maximum Gasteiger partial charge on any atom is 0.277 e. The van der Waals surface area contributed by atoms with Gasteiger partial charge < -0.3 is 4.42 Å². The zero-order valence-electron chi connectivity index (χ0n) is 17.9. The summed E-state index contributed by atoms with van der Waals surface area (Å²) in [5, 5.41) is 7.89. The summed E-state index contributed by atoms with van der Waals surface area (Å²) in [6.45, 7) is 8.12. The first-order valence-electron chi connectivity index (χ1n) is 9.97. The van der Waals surface area contributed by atoms with Gasteiger partial charge in [-0.2, -0.15) is 4.31 Å². The summed E-state index contributed by atoms with van der Waals surface area (Å²) in [6, 6.07) is 13.8. The lowest BCUT2D eigenvalue weighted by Gasteiger charge is -2.18. The minimum atomic E-state index is -3.60. The van der Waals surface area contributed by atoms with Gasteiger partial charge in [0.1, 0.15) is 0 Å². The molecule has 2 aromatic carbocycles. The average Bonchev–Trinajstić information content (AvgIpc) is 3.23. The average molecular weight is 460 g/mol. The molecule has 1 aromatic heterocycles. The highest BCUT2D eigenvalue weighted by Crippen LogP contribution is 2.29. The molecular weight excluding hydrogens is 434 g/mol. The van der Waals surface area contributed by atoms with Crippen molar-refractivity contribution in [1.29, 1.82) is 0 Å². The van der Waals surface area contributed by atoms with E-state index in [0.29, 0.717) is 24.2 Å². The van der Waals surface area contributed by atoms with Gasteiger partial charge in [0.05, 0.1) is 10.1 Å². The first kappa shape index (κ1) is 23.2. The Bertz CT molecular complexity index is 1150. The van der Waals surface area contributed by atoms with Gasteiger partial charge in [-0.25, -0.2) is 8.42 Å². The number of aromatic nitrogens is 2. The van der Waals surface area contributed by atoms with Gasteiger partial charge in [0.25, 0.3) is 5.22 Å². The third-order valence-electron chi connectivity index (χ3n) is 4.81. The van der Waals surface area contributed by atoms with Gasteiger partial charge in [-0.1, -0.05) is 61.5 Å². The summed E-state index contributed by atoms with van der Waals surface area (Å²) in [6.07, 6.45) is 0. The Labute approximate surface area is 186 Å². The fourth-order valence-corrected chi connectivity index (χ4v) is 5.30. The smallest absolute Gasteiger partial charge is 0.277 e. The molecule has 0 unspecified atom stereocenters. The first-order chi connectivity index (χ1) is 14.8. The van der Waals surface area contributed by atoms with Crippen molar-refractivity contribution in [2.45, 2.75) is 43.1 Å². The van der Waals surface area contributed by atoms with E-state index in [1.54, 1.807) is 51.1 Å². The van der Waals surface area contributed by atoms with Crippen molar-refractivity contribution >= 4 is 27.6 Å². The predicted molar refractivity (Wildman–Crippen MR) is 121 cm³/mol. The number of Topliss-reactive ketones (excluding diaryl/α,β-unsaturated/α-hetero) is 1. The van der Waals surface area contributed by atoms with Gasteiger partial charge >= 0.3 is 0 Å². The van der Waals surface area contributed by atoms with E-state index >= 15 is 0 Å². The van der Waals surface area contributed by atoms with E-state index in [1.807, 2.05) is 19.1 Å². The lowest BCUT2D eigenvalue weighted by Crippen LogP contribution is -2.30. The molecule has 0 bridgehead atoms.